The third kappa shape index (κ3) is 2.03. The lowest BCUT2D eigenvalue weighted by Crippen LogP contribution is -2.29. The highest BCUT2D eigenvalue weighted by atomic mass is 16.2. The number of anilines is 2. The molecule has 82 valence electrons. The van der Waals surface area contributed by atoms with Crippen molar-refractivity contribution < 1.29 is 0 Å². The van der Waals surface area contributed by atoms with E-state index in [0.29, 0.717) is 5.82 Å². The van der Waals surface area contributed by atoms with Crippen molar-refractivity contribution in [1.82, 2.24) is 9.55 Å². The molecule has 0 aliphatic carbocycles. The highest BCUT2D eigenvalue weighted by molar-refractivity contribution is 5.55. The number of hydrogen-bond donors (Lipinski definition) is 2. The molecular weight excluding hydrogens is 206 g/mol. The zero-order valence-corrected chi connectivity index (χ0v) is 8.73. The van der Waals surface area contributed by atoms with E-state index in [0.717, 1.165) is 5.69 Å². The van der Waals surface area contributed by atoms with Crippen LogP contribution in [0.15, 0.2) is 46.0 Å². The number of para-hydroxylation sites is 1. The Bertz CT molecular complexity index is 599. The molecule has 0 spiro atoms. The predicted octanol–water partition coefficient (Wildman–Crippen LogP) is 0.817. The molecule has 5 heteroatoms. The first kappa shape index (κ1) is 10.2. The molecule has 0 amide bonds. The fourth-order valence-corrected chi connectivity index (χ4v) is 1.35. The van der Waals surface area contributed by atoms with Crippen molar-refractivity contribution in [1.29, 1.82) is 0 Å². The van der Waals surface area contributed by atoms with Crippen LogP contribution in [0.2, 0.25) is 0 Å². The summed E-state index contributed by atoms with van der Waals surface area (Å²) >= 11 is 0. The summed E-state index contributed by atoms with van der Waals surface area (Å²) in [7, 11) is 1.59. The summed E-state index contributed by atoms with van der Waals surface area (Å²) in [5, 5.41) is 3.00. The number of benzene rings is 1. The number of hydrogen-bond acceptors (Lipinski definition) is 3. The van der Waals surface area contributed by atoms with Crippen LogP contribution < -0.4 is 16.6 Å². The van der Waals surface area contributed by atoms with Gasteiger partial charge >= 0.3 is 5.69 Å². The van der Waals surface area contributed by atoms with Gasteiger partial charge in [0.05, 0.1) is 0 Å². The van der Waals surface area contributed by atoms with Crippen LogP contribution in [0.3, 0.4) is 0 Å². The molecule has 16 heavy (non-hydrogen) atoms. The number of nitrogens with zero attached hydrogens (tertiary/aromatic N) is 1. The Hall–Kier alpha value is -2.30. The van der Waals surface area contributed by atoms with Gasteiger partial charge in [0.2, 0.25) is 0 Å². The van der Waals surface area contributed by atoms with Crippen LogP contribution in [0.1, 0.15) is 0 Å². The van der Waals surface area contributed by atoms with E-state index in [1.807, 2.05) is 30.3 Å². The summed E-state index contributed by atoms with van der Waals surface area (Å²) in [4.78, 5) is 24.6. The Kier molecular flexibility index (Phi) is 2.59. The lowest BCUT2D eigenvalue weighted by molar-refractivity contribution is 0.810. The molecule has 0 radical (unpaired) electrons. The lowest BCUT2D eigenvalue weighted by Gasteiger charge is -2.09. The zero-order chi connectivity index (χ0) is 11.5. The number of rotatable bonds is 2. The Morgan fingerprint density at radius 3 is 2.56 bits per heavy atom. The van der Waals surface area contributed by atoms with Crippen molar-refractivity contribution in [2.45, 2.75) is 0 Å². The Balaban J connectivity index is 2.43. The highest BCUT2D eigenvalue weighted by Crippen LogP contribution is 2.11. The standard InChI is InChI=1S/C11H11N3O2/c1-14-9(7-10(15)13-11(14)16)12-8-5-3-2-4-6-8/h2-7,12H,1H3,(H,13,15,16). The van der Waals surface area contributed by atoms with Crippen LogP contribution in [-0.4, -0.2) is 9.55 Å². The van der Waals surface area contributed by atoms with E-state index in [9.17, 15) is 9.59 Å². The number of aromatic nitrogens is 2. The maximum Gasteiger partial charge on any atom is 0.329 e. The minimum absolute atomic E-state index is 0.415. The van der Waals surface area contributed by atoms with Crippen molar-refractivity contribution >= 4 is 11.5 Å². The fourth-order valence-electron chi connectivity index (χ4n) is 1.35. The van der Waals surface area contributed by atoms with Gasteiger partial charge in [0, 0.05) is 18.8 Å². The molecular formula is C11H11N3O2. The molecule has 1 heterocycles. The summed E-state index contributed by atoms with van der Waals surface area (Å²) in [6, 6.07) is 10.7. The molecule has 0 fully saturated rings. The Morgan fingerprint density at radius 2 is 1.88 bits per heavy atom. The van der Waals surface area contributed by atoms with Gasteiger partial charge < -0.3 is 5.32 Å². The van der Waals surface area contributed by atoms with Gasteiger partial charge in [-0.25, -0.2) is 4.79 Å². The van der Waals surface area contributed by atoms with Gasteiger partial charge in [-0.1, -0.05) is 18.2 Å². The largest absolute Gasteiger partial charge is 0.341 e. The van der Waals surface area contributed by atoms with E-state index < -0.39 is 11.2 Å². The van der Waals surface area contributed by atoms with Crippen molar-refractivity contribution in [2.24, 2.45) is 7.05 Å². The quantitative estimate of drug-likeness (QED) is 0.782. The molecule has 0 aliphatic rings. The lowest BCUT2D eigenvalue weighted by atomic mass is 10.3. The van der Waals surface area contributed by atoms with E-state index in [1.165, 1.54) is 10.6 Å². The van der Waals surface area contributed by atoms with Crippen LogP contribution in [0.25, 0.3) is 0 Å². The number of H-pyrrole nitrogens is 1. The molecule has 0 saturated heterocycles. The molecule has 2 aromatic rings. The van der Waals surface area contributed by atoms with E-state index >= 15 is 0 Å². The van der Waals surface area contributed by atoms with Gasteiger partial charge in [-0.3, -0.25) is 14.3 Å². The zero-order valence-electron chi connectivity index (χ0n) is 8.73. The first-order valence-corrected chi connectivity index (χ1v) is 4.79. The molecule has 5 nitrogen and oxygen atoms in total. The molecule has 2 rings (SSSR count). The summed E-state index contributed by atoms with van der Waals surface area (Å²) in [5.41, 5.74) is -0.0319. The second-order valence-corrected chi connectivity index (χ2v) is 3.37. The van der Waals surface area contributed by atoms with Crippen LogP contribution in [0.5, 0.6) is 0 Å². The van der Waals surface area contributed by atoms with E-state index in [2.05, 4.69) is 10.3 Å². The molecule has 1 aromatic carbocycles. The molecule has 2 N–H and O–H groups in total. The molecule has 1 aromatic heterocycles. The van der Waals surface area contributed by atoms with Gasteiger partial charge in [0.15, 0.2) is 0 Å². The SMILES string of the molecule is Cn1c(Nc2ccccc2)cc(=O)[nH]c1=O. The van der Waals surface area contributed by atoms with Gasteiger partial charge in [0.25, 0.3) is 5.56 Å². The molecule has 0 atom stereocenters. The monoisotopic (exact) mass is 217 g/mol. The topological polar surface area (TPSA) is 66.9 Å². The van der Waals surface area contributed by atoms with Gasteiger partial charge in [-0.05, 0) is 12.1 Å². The van der Waals surface area contributed by atoms with Gasteiger partial charge in [-0.15, -0.1) is 0 Å². The summed E-state index contributed by atoms with van der Waals surface area (Å²) in [5.74, 6) is 0.458. The van der Waals surface area contributed by atoms with Crippen LogP contribution >= 0.6 is 0 Å². The van der Waals surface area contributed by atoms with Crippen molar-refractivity contribution in [2.75, 3.05) is 5.32 Å². The first-order chi connectivity index (χ1) is 7.66. The summed E-state index contributed by atoms with van der Waals surface area (Å²) in [6.07, 6.45) is 0. The number of nitrogens with one attached hydrogen (secondary N) is 2. The van der Waals surface area contributed by atoms with Gasteiger partial charge in [-0.2, -0.15) is 0 Å². The Labute approximate surface area is 91.4 Å². The van der Waals surface area contributed by atoms with Crippen LogP contribution in [-0.2, 0) is 7.05 Å². The van der Waals surface area contributed by atoms with E-state index in [1.54, 1.807) is 7.05 Å². The van der Waals surface area contributed by atoms with Crippen molar-refractivity contribution in [3.8, 4) is 0 Å². The minimum atomic E-state index is -0.439. The molecule has 0 saturated carbocycles. The first-order valence-electron chi connectivity index (χ1n) is 4.79. The van der Waals surface area contributed by atoms with Crippen LogP contribution in [0, 0.1) is 0 Å². The van der Waals surface area contributed by atoms with E-state index in [4.69, 9.17) is 0 Å². The third-order valence-corrected chi connectivity index (χ3v) is 2.21. The van der Waals surface area contributed by atoms with E-state index in [-0.39, 0.29) is 0 Å². The maximum absolute atomic E-state index is 11.3. The Morgan fingerprint density at radius 1 is 1.19 bits per heavy atom. The second kappa shape index (κ2) is 4.06. The van der Waals surface area contributed by atoms with Crippen molar-refractivity contribution in [3.05, 3.63) is 57.2 Å². The average molecular weight is 217 g/mol. The summed E-state index contributed by atoms with van der Waals surface area (Å²) in [6.45, 7) is 0. The maximum atomic E-state index is 11.3. The average Bonchev–Trinajstić information content (AvgIpc) is 2.27. The van der Waals surface area contributed by atoms with Gasteiger partial charge in [0.1, 0.15) is 5.82 Å². The third-order valence-electron chi connectivity index (χ3n) is 2.21. The predicted molar refractivity (Wildman–Crippen MR) is 62.0 cm³/mol. The minimum Gasteiger partial charge on any atom is -0.341 e. The molecule has 0 bridgehead atoms. The molecule has 0 aliphatic heterocycles. The normalized spacial score (nSPS) is 10.1. The van der Waals surface area contributed by atoms with Crippen LogP contribution in [0.4, 0.5) is 11.5 Å². The fraction of sp³-hybridized carbons (Fsp3) is 0.0909. The second-order valence-electron chi connectivity index (χ2n) is 3.37. The summed E-state index contributed by atoms with van der Waals surface area (Å²) < 4.78 is 1.34. The number of aromatic amines is 1. The smallest absolute Gasteiger partial charge is 0.329 e. The molecule has 0 unspecified atom stereocenters. The van der Waals surface area contributed by atoms with Crippen molar-refractivity contribution in [3.63, 3.8) is 0 Å². The highest BCUT2D eigenvalue weighted by Gasteiger charge is 2.01.